The molecule has 28 heavy (non-hydrogen) atoms. The van der Waals surface area contributed by atoms with Crippen LogP contribution in [0.15, 0.2) is 69.0 Å². The third-order valence-electron chi connectivity index (χ3n) is 4.22. The second-order valence-electron chi connectivity index (χ2n) is 6.03. The maximum Gasteiger partial charge on any atom is 0.338 e. The maximum atomic E-state index is 12.8. The first-order chi connectivity index (χ1) is 13.6. The number of nitrogens with one attached hydrogen (secondary N) is 1. The number of carbonyl (C=O) groups is 1. The van der Waals surface area contributed by atoms with Crippen molar-refractivity contribution in [3.8, 4) is 5.69 Å². The Hall–Kier alpha value is -3.52. The van der Waals surface area contributed by atoms with E-state index in [0.29, 0.717) is 17.5 Å². The molecule has 0 radical (unpaired) electrons. The minimum Gasteiger partial charge on any atom is -0.462 e. The van der Waals surface area contributed by atoms with E-state index in [-0.39, 0.29) is 17.7 Å². The van der Waals surface area contributed by atoms with Gasteiger partial charge >= 0.3 is 11.7 Å². The van der Waals surface area contributed by atoms with E-state index in [1.165, 1.54) is 29.5 Å². The predicted molar refractivity (Wildman–Crippen MR) is 106 cm³/mol. The zero-order valence-electron chi connectivity index (χ0n) is 14.6. The van der Waals surface area contributed by atoms with Crippen LogP contribution < -0.4 is 11.2 Å². The smallest absolute Gasteiger partial charge is 0.338 e. The van der Waals surface area contributed by atoms with E-state index < -0.39 is 17.2 Å². The van der Waals surface area contributed by atoms with Crippen LogP contribution in [-0.4, -0.2) is 27.1 Å². The number of H-pyrrole nitrogens is 1. The lowest BCUT2D eigenvalue weighted by Crippen LogP contribution is -2.33. The average molecular weight is 393 g/mol. The average Bonchev–Trinajstić information content (AvgIpc) is 3.22. The SMILES string of the molecule is O=C(OCCc1cscn1)c1ccc2c(=O)n(-c3ccccc3)c(=O)[nH]c2c1. The molecule has 1 N–H and O–H groups in total. The number of fused-ring (bicyclic) bond motifs is 1. The van der Waals surface area contributed by atoms with E-state index in [9.17, 15) is 14.4 Å². The summed E-state index contributed by atoms with van der Waals surface area (Å²) in [7, 11) is 0. The molecule has 0 saturated heterocycles. The van der Waals surface area contributed by atoms with Crippen LogP contribution in [0.3, 0.4) is 0 Å². The number of esters is 1. The van der Waals surface area contributed by atoms with Gasteiger partial charge in [-0.15, -0.1) is 11.3 Å². The molecule has 0 saturated carbocycles. The summed E-state index contributed by atoms with van der Waals surface area (Å²) >= 11 is 1.48. The van der Waals surface area contributed by atoms with Crippen molar-refractivity contribution in [2.75, 3.05) is 6.61 Å². The van der Waals surface area contributed by atoms with E-state index in [0.717, 1.165) is 10.3 Å². The van der Waals surface area contributed by atoms with Gasteiger partial charge in [-0.1, -0.05) is 18.2 Å². The lowest BCUT2D eigenvalue weighted by atomic mass is 10.1. The molecular weight excluding hydrogens is 378 g/mol. The number of rotatable bonds is 5. The highest BCUT2D eigenvalue weighted by Gasteiger charge is 2.13. The molecule has 2 aromatic carbocycles. The normalized spacial score (nSPS) is 10.9. The Labute approximate surface area is 162 Å². The van der Waals surface area contributed by atoms with E-state index in [4.69, 9.17) is 4.74 Å². The van der Waals surface area contributed by atoms with Crippen LogP contribution in [-0.2, 0) is 11.2 Å². The van der Waals surface area contributed by atoms with Crippen molar-refractivity contribution in [2.24, 2.45) is 0 Å². The number of aromatic amines is 1. The van der Waals surface area contributed by atoms with Crippen LogP contribution in [0.1, 0.15) is 16.1 Å². The van der Waals surface area contributed by atoms with Crippen molar-refractivity contribution >= 4 is 28.2 Å². The molecule has 0 aliphatic heterocycles. The highest BCUT2D eigenvalue weighted by molar-refractivity contribution is 7.07. The van der Waals surface area contributed by atoms with Crippen LogP contribution in [0.4, 0.5) is 0 Å². The minimum absolute atomic E-state index is 0.201. The molecular formula is C20H15N3O4S. The molecule has 2 aromatic heterocycles. The second kappa shape index (κ2) is 7.61. The van der Waals surface area contributed by atoms with E-state index >= 15 is 0 Å². The number of aromatic nitrogens is 3. The molecule has 0 fully saturated rings. The number of ether oxygens (including phenoxy) is 1. The van der Waals surface area contributed by atoms with Crippen molar-refractivity contribution in [3.63, 3.8) is 0 Å². The molecule has 4 rings (SSSR count). The number of benzene rings is 2. The third kappa shape index (κ3) is 3.49. The first-order valence-corrected chi connectivity index (χ1v) is 9.46. The summed E-state index contributed by atoms with van der Waals surface area (Å²) in [6.07, 6.45) is 0.529. The zero-order valence-corrected chi connectivity index (χ0v) is 15.4. The van der Waals surface area contributed by atoms with Crippen molar-refractivity contribution < 1.29 is 9.53 Å². The minimum atomic E-state index is -0.572. The quantitative estimate of drug-likeness (QED) is 0.526. The second-order valence-corrected chi connectivity index (χ2v) is 6.75. The third-order valence-corrected chi connectivity index (χ3v) is 4.86. The molecule has 0 aliphatic rings. The molecule has 2 heterocycles. The van der Waals surface area contributed by atoms with Crippen LogP contribution in [0, 0.1) is 0 Å². The van der Waals surface area contributed by atoms with E-state index in [1.807, 2.05) is 5.38 Å². The van der Waals surface area contributed by atoms with Crippen molar-refractivity contribution in [1.29, 1.82) is 0 Å². The summed E-state index contributed by atoms with van der Waals surface area (Å²) < 4.78 is 6.32. The van der Waals surface area contributed by atoms with Crippen LogP contribution in [0.2, 0.25) is 0 Å². The Kier molecular flexibility index (Phi) is 4.86. The summed E-state index contributed by atoms with van der Waals surface area (Å²) in [4.78, 5) is 44.2. The van der Waals surface area contributed by atoms with Crippen LogP contribution >= 0.6 is 11.3 Å². The van der Waals surface area contributed by atoms with Gasteiger partial charge in [-0.25, -0.2) is 19.1 Å². The molecule has 0 bridgehead atoms. The highest BCUT2D eigenvalue weighted by atomic mass is 32.1. The number of para-hydroxylation sites is 1. The predicted octanol–water partition coefficient (Wildman–Crippen LogP) is 2.54. The topological polar surface area (TPSA) is 94.0 Å². The first-order valence-electron chi connectivity index (χ1n) is 8.52. The van der Waals surface area contributed by atoms with E-state index in [2.05, 4.69) is 9.97 Å². The Morgan fingerprint density at radius 2 is 1.96 bits per heavy atom. The molecule has 0 aliphatic carbocycles. The fourth-order valence-electron chi connectivity index (χ4n) is 2.85. The number of hydrogen-bond acceptors (Lipinski definition) is 6. The molecule has 0 unspecified atom stereocenters. The van der Waals surface area contributed by atoms with Gasteiger partial charge in [0.25, 0.3) is 5.56 Å². The number of thiazole rings is 1. The van der Waals surface area contributed by atoms with Crippen LogP contribution in [0.25, 0.3) is 16.6 Å². The van der Waals surface area contributed by atoms with Gasteiger partial charge in [-0.05, 0) is 30.3 Å². The Morgan fingerprint density at radius 1 is 1.14 bits per heavy atom. The number of carbonyl (C=O) groups excluding carboxylic acids is 1. The Bertz CT molecular complexity index is 1240. The lowest BCUT2D eigenvalue weighted by molar-refractivity contribution is 0.0508. The standard InChI is InChI=1S/C20H15N3O4S/c24-18-16-7-6-13(19(25)27-9-8-14-11-28-12-21-14)10-17(16)22-20(26)23(18)15-4-2-1-3-5-15/h1-7,10-12H,8-9H2,(H,22,26). The first kappa shape index (κ1) is 17.9. The summed E-state index contributed by atoms with van der Waals surface area (Å²) in [5.74, 6) is -0.523. The van der Waals surface area contributed by atoms with Crippen molar-refractivity contribution in [3.05, 3.63) is 91.5 Å². The van der Waals surface area contributed by atoms with Gasteiger partial charge in [0.1, 0.15) is 0 Å². The van der Waals surface area contributed by atoms with Gasteiger partial charge in [0, 0.05) is 11.8 Å². The molecule has 7 nitrogen and oxygen atoms in total. The number of hydrogen-bond donors (Lipinski definition) is 1. The van der Waals surface area contributed by atoms with Gasteiger partial charge < -0.3 is 9.72 Å². The van der Waals surface area contributed by atoms with Gasteiger partial charge in [0.15, 0.2) is 0 Å². The maximum absolute atomic E-state index is 12.8. The summed E-state index contributed by atoms with van der Waals surface area (Å²) in [5.41, 5.74) is 2.59. The summed E-state index contributed by atoms with van der Waals surface area (Å²) in [6.45, 7) is 0.201. The van der Waals surface area contributed by atoms with E-state index in [1.54, 1.807) is 35.8 Å². The summed E-state index contributed by atoms with van der Waals surface area (Å²) in [5, 5.41) is 2.20. The van der Waals surface area contributed by atoms with Gasteiger partial charge in [0.2, 0.25) is 0 Å². The fourth-order valence-corrected chi connectivity index (χ4v) is 3.44. The fraction of sp³-hybridized carbons (Fsp3) is 0.100. The van der Waals surface area contributed by atoms with Gasteiger partial charge in [-0.2, -0.15) is 0 Å². The molecule has 0 spiro atoms. The zero-order chi connectivity index (χ0) is 19.5. The molecule has 0 atom stereocenters. The van der Waals surface area contributed by atoms with Crippen molar-refractivity contribution in [1.82, 2.24) is 14.5 Å². The van der Waals surface area contributed by atoms with Crippen LogP contribution in [0.5, 0.6) is 0 Å². The Balaban J connectivity index is 1.62. The van der Waals surface area contributed by atoms with Crippen molar-refractivity contribution in [2.45, 2.75) is 6.42 Å². The monoisotopic (exact) mass is 393 g/mol. The van der Waals surface area contributed by atoms with Gasteiger partial charge in [-0.3, -0.25) is 4.79 Å². The Morgan fingerprint density at radius 3 is 2.71 bits per heavy atom. The molecule has 4 aromatic rings. The molecule has 0 amide bonds. The van der Waals surface area contributed by atoms with Gasteiger partial charge in [0.05, 0.1) is 40.0 Å². The molecule has 140 valence electrons. The lowest BCUT2D eigenvalue weighted by Gasteiger charge is -2.08. The molecule has 8 heteroatoms. The largest absolute Gasteiger partial charge is 0.462 e. The number of nitrogens with zero attached hydrogens (tertiary/aromatic N) is 2. The highest BCUT2D eigenvalue weighted by Crippen LogP contribution is 2.12. The summed E-state index contributed by atoms with van der Waals surface area (Å²) in [6, 6.07) is 13.1.